The van der Waals surface area contributed by atoms with Crippen molar-refractivity contribution in [2.75, 3.05) is 14.1 Å². The van der Waals surface area contributed by atoms with E-state index >= 15 is 0 Å². The van der Waals surface area contributed by atoms with E-state index in [2.05, 4.69) is 41.3 Å². The minimum absolute atomic E-state index is 0.544. The number of benzene rings is 2. The summed E-state index contributed by atoms with van der Waals surface area (Å²) in [7, 11) is 4.11. The molecule has 1 heterocycles. The lowest BCUT2D eigenvalue weighted by molar-refractivity contribution is 0.402. The average molecular weight is 339 g/mol. The lowest BCUT2D eigenvalue weighted by Crippen LogP contribution is -2.10. The average Bonchev–Trinajstić information content (AvgIpc) is 3.16. The van der Waals surface area contributed by atoms with E-state index in [-0.39, 0.29) is 0 Å². The van der Waals surface area contributed by atoms with E-state index in [0.29, 0.717) is 11.8 Å². The molecule has 4 nitrogen and oxygen atoms in total. The van der Waals surface area contributed by atoms with Crippen LogP contribution in [0.2, 0.25) is 0 Å². The zero-order chi connectivity index (χ0) is 18.7. The molecule has 0 spiro atoms. The predicted octanol–water partition coefficient (Wildman–Crippen LogP) is 5.52. The summed E-state index contributed by atoms with van der Waals surface area (Å²) >= 11 is 0. The predicted molar refractivity (Wildman–Crippen MR) is 105 cm³/mol. The molecular weight excluding hydrogens is 310 g/mol. The molecule has 1 aromatic heterocycles. The Morgan fingerprint density at radius 1 is 0.720 bits per heavy atom. The lowest BCUT2D eigenvalue weighted by atomic mass is 10.1. The maximum absolute atomic E-state index is 5.74. The molecule has 0 radical (unpaired) electrons. The van der Waals surface area contributed by atoms with E-state index in [1.54, 1.807) is 0 Å². The van der Waals surface area contributed by atoms with Gasteiger partial charge in [-0.2, -0.15) is 0 Å². The van der Waals surface area contributed by atoms with Crippen LogP contribution in [0.25, 0.3) is 22.9 Å². The first-order valence-corrected chi connectivity index (χ1v) is 8.85. The maximum Gasteiger partial charge on any atom is 0.248 e. The minimum atomic E-state index is 0.544. The minimum Gasteiger partial charge on any atom is -0.416 e. The van der Waals surface area contributed by atoms with Crippen molar-refractivity contribution in [1.29, 1.82) is 0 Å². The lowest BCUT2D eigenvalue weighted by Gasteiger charge is -2.09. The van der Waals surface area contributed by atoms with Crippen LogP contribution in [0.4, 0.5) is 0 Å². The van der Waals surface area contributed by atoms with E-state index in [4.69, 9.17) is 4.42 Å². The Hall–Kier alpha value is -2.46. The van der Waals surface area contributed by atoms with E-state index in [1.165, 1.54) is 5.56 Å². The highest BCUT2D eigenvalue weighted by Gasteiger charge is 2.10. The zero-order valence-corrected chi connectivity index (χ0v) is 16.2. The summed E-state index contributed by atoms with van der Waals surface area (Å²) in [6, 6.07) is 18.0. The van der Waals surface area contributed by atoms with Crippen molar-refractivity contribution in [3.63, 3.8) is 0 Å². The fourth-order valence-electron chi connectivity index (χ4n) is 2.16. The molecule has 0 unspecified atom stereocenters. The van der Waals surface area contributed by atoms with Crippen molar-refractivity contribution >= 4 is 0 Å². The van der Waals surface area contributed by atoms with Crippen LogP contribution < -0.4 is 0 Å². The van der Waals surface area contributed by atoms with Crippen LogP contribution in [0.5, 0.6) is 0 Å². The SMILES string of the molecule is CC.CC.CN(C)Cc1ccc(-c2nnc(-c3ccccc3)o2)cc1. The van der Waals surface area contributed by atoms with Gasteiger partial charge in [0.05, 0.1) is 0 Å². The van der Waals surface area contributed by atoms with E-state index in [1.807, 2.05) is 70.2 Å². The molecule has 0 N–H and O–H groups in total. The standard InChI is InChI=1S/C17H17N3O.2C2H6/c1-20(2)12-13-8-10-15(11-9-13)17-19-18-16(21-17)14-6-4-3-5-7-14;2*1-2/h3-11H,12H2,1-2H3;2*1-2H3. The van der Waals surface area contributed by atoms with Gasteiger partial charge >= 0.3 is 0 Å². The summed E-state index contributed by atoms with van der Waals surface area (Å²) in [6.45, 7) is 8.92. The largest absolute Gasteiger partial charge is 0.416 e. The zero-order valence-electron chi connectivity index (χ0n) is 16.2. The van der Waals surface area contributed by atoms with Crippen LogP contribution in [0, 0.1) is 0 Å². The Morgan fingerprint density at radius 3 is 1.68 bits per heavy atom. The Morgan fingerprint density at radius 2 is 1.20 bits per heavy atom. The Kier molecular flexibility index (Phi) is 9.19. The fraction of sp³-hybridized carbons (Fsp3) is 0.333. The molecule has 134 valence electrons. The summed E-state index contributed by atoms with van der Waals surface area (Å²) in [4.78, 5) is 2.13. The van der Waals surface area contributed by atoms with Gasteiger partial charge in [0.25, 0.3) is 0 Å². The van der Waals surface area contributed by atoms with Gasteiger partial charge in [0.15, 0.2) is 0 Å². The van der Waals surface area contributed by atoms with Crippen LogP contribution in [-0.4, -0.2) is 29.2 Å². The summed E-state index contributed by atoms with van der Waals surface area (Å²) in [5.41, 5.74) is 3.12. The number of hydrogen-bond acceptors (Lipinski definition) is 4. The monoisotopic (exact) mass is 339 g/mol. The quantitative estimate of drug-likeness (QED) is 0.628. The molecule has 0 bridgehead atoms. The van der Waals surface area contributed by atoms with Crippen LogP contribution in [-0.2, 0) is 6.54 Å². The first kappa shape index (κ1) is 20.6. The van der Waals surface area contributed by atoms with E-state index in [0.717, 1.165) is 17.7 Å². The van der Waals surface area contributed by atoms with Crippen LogP contribution in [0.1, 0.15) is 33.3 Å². The molecule has 0 fully saturated rings. The van der Waals surface area contributed by atoms with Gasteiger partial charge in [-0.1, -0.05) is 58.0 Å². The second-order valence-electron chi connectivity index (χ2n) is 5.21. The van der Waals surface area contributed by atoms with Crippen molar-refractivity contribution in [1.82, 2.24) is 15.1 Å². The maximum atomic E-state index is 5.74. The van der Waals surface area contributed by atoms with Gasteiger partial charge in [0, 0.05) is 17.7 Å². The van der Waals surface area contributed by atoms with Crippen LogP contribution >= 0.6 is 0 Å². The molecule has 3 rings (SSSR count). The van der Waals surface area contributed by atoms with Gasteiger partial charge < -0.3 is 9.32 Å². The third-order valence-corrected chi connectivity index (χ3v) is 3.15. The van der Waals surface area contributed by atoms with E-state index in [9.17, 15) is 0 Å². The van der Waals surface area contributed by atoms with Gasteiger partial charge in [0.2, 0.25) is 11.8 Å². The normalized spacial score (nSPS) is 9.72. The molecule has 3 aromatic rings. The van der Waals surface area contributed by atoms with Gasteiger partial charge in [-0.25, -0.2) is 0 Å². The van der Waals surface area contributed by atoms with Gasteiger partial charge in [0.1, 0.15) is 0 Å². The second-order valence-corrected chi connectivity index (χ2v) is 5.21. The number of hydrogen-bond donors (Lipinski definition) is 0. The van der Waals surface area contributed by atoms with Crippen LogP contribution in [0.15, 0.2) is 59.0 Å². The second kappa shape index (κ2) is 11.2. The first-order valence-electron chi connectivity index (χ1n) is 8.85. The van der Waals surface area contributed by atoms with Crippen molar-refractivity contribution in [2.24, 2.45) is 0 Å². The van der Waals surface area contributed by atoms with Crippen LogP contribution in [0.3, 0.4) is 0 Å². The summed E-state index contributed by atoms with van der Waals surface area (Å²) in [5, 5.41) is 8.24. The summed E-state index contributed by atoms with van der Waals surface area (Å²) < 4.78 is 5.74. The third-order valence-electron chi connectivity index (χ3n) is 3.15. The van der Waals surface area contributed by atoms with Crippen molar-refractivity contribution in [2.45, 2.75) is 34.2 Å². The molecular formula is C21H29N3O. The molecule has 25 heavy (non-hydrogen) atoms. The highest BCUT2D eigenvalue weighted by atomic mass is 16.4. The molecule has 0 saturated carbocycles. The highest BCUT2D eigenvalue weighted by molar-refractivity contribution is 5.57. The third kappa shape index (κ3) is 6.16. The molecule has 0 amide bonds. The molecule has 0 aliphatic heterocycles. The smallest absolute Gasteiger partial charge is 0.248 e. The summed E-state index contributed by atoms with van der Waals surface area (Å²) in [5.74, 6) is 1.09. The van der Waals surface area contributed by atoms with Gasteiger partial charge in [-0.05, 0) is 43.9 Å². The Labute approximate surface area is 151 Å². The van der Waals surface area contributed by atoms with Crippen molar-refractivity contribution < 1.29 is 4.42 Å². The molecule has 2 aromatic carbocycles. The molecule has 0 saturated heterocycles. The van der Waals surface area contributed by atoms with Crippen molar-refractivity contribution in [3.05, 3.63) is 60.2 Å². The Balaban J connectivity index is 0.000000730. The van der Waals surface area contributed by atoms with Crippen molar-refractivity contribution in [3.8, 4) is 22.9 Å². The molecule has 4 heteroatoms. The molecule has 0 atom stereocenters. The van der Waals surface area contributed by atoms with E-state index < -0.39 is 0 Å². The Bertz CT molecular complexity index is 704. The van der Waals surface area contributed by atoms with Gasteiger partial charge in [-0.15, -0.1) is 10.2 Å². The molecule has 0 aliphatic carbocycles. The molecule has 0 aliphatic rings. The summed E-state index contributed by atoms with van der Waals surface area (Å²) in [6.07, 6.45) is 0. The topological polar surface area (TPSA) is 42.2 Å². The van der Waals surface area contributed by atoms with Gasteiger partial charge in [-0.3, -0.25) is 0 Å². The first-order chi connectivity index (χ1) is 12.2. The number of nitrogens with zero attached hydrogens (tertiary/aromatic N) is 3. The number of rotatable bonds is 4. The number of aromatic nitrogens is 2. The fourth-order valence-corrected chi connectivity index (χ4v) is 2.16. The highest BCUT2D eigenvalue weighted by Crippen LogP contribution is 2.23.